The molecule has 0 saturated heterocycles. The number of ether oxygens (including phenoxy) is 1. The first-order chi connectivity index (χ1) is 11.1. The van der Waals surface area contributed by atoms with Gasteiger partial charge in [0.05, 0.1) is 15.1 Å². The highest BCUT2D eigenvalue weighted by Gasteiger charge is 2.04. The van der Waals surface area contributed by atoms with Crippen LogP contribution in [-0.2, 0) is 11.3 Å². The van der Waals surface area contributed by atoms with E-state index in [0.29, 0.717) is 21.6 Å². The zero-order chi connectivity index (χ0) is 16.7. The van der Waals surface area contributed by atoms with Gasteiger partial charge in [0, 0.05) is 6.54 Å². The topological polar surface area (TPSA) is 38.3 Å². The Bertz CT molecular complexity index is 679. The van der Waals surface area contributed by atoms with E-state index >= 15 is 0 Å². The molecule has 2 aromatic carbocycles. The number of hydrogen-bond donors (Lipinski definition) is 1. The molecule has 0 aliphatic heterocycles. The summed E-state index contributed by atoms with van der Waals surface area (Å²) in [5.74, 6) is 0. The molecule has 6 heteroatoms. The lowest BCUT2D eigenvalue weighted by molar-refractivity contribution is 0.141. The van der Waals surface area contributed by atoms with E-state index in [9.17, 15) is 4.79 Å². The van der Waals surface area contributed by atoms with Crippen LogP contribution in [0.5, 0.6) is 0 Å². The minimum atomic E-state index is -0.481. The zero-order valence-electron chi connectivity index (χ0n) is 12.1. The highest BCUT2D eigenvalue weighted by atomic mass is 35.5. The predicted octanol–water partition coefficient (Wildman–Crippen LogP) is 5.59. The van der Waals surface area contributed by atoms with Gasteiger partial charge in [0.2, 0.25) is 0 Å². The summed E-state index contributed by atoms with van der Waals surface area (Å²) in [5.41, 5.74) is 1.73. The summed E-state index contributed by atoms with van der Waals surface area (Å²) >= 11 is 17.8. The average Bonchev–Trinajstić information content (AvgIpc) is 2.55. The number of carbonyl (C=O) groups is 1. The molecule has 0 unspecified atom stereocenters. The molecule has 0 aliphatic carbocycles. The predicted molar refractivity (Wildman–Crippen MR) is 95.1 cm³/mol. The van der Waals surface area contributed by atoms with E-state index in [1.165, 1.54) is 0 Å². The Balaban J connectivity index is 1.77. The molecule has 0 spiro atoms. The van der Waals surface area contributed by atoms with Crippen LogP contribution in [0, 0.1) is 0 Å². The second-order valence-corrected chi connectivity index (χ2v) is 5.84. The third-order valence-electron chi connectivity index (χ3n) is 2.89. The first-order valence-electron chi connectivity index (χ1n) is 6.82. The Kier molecular flexibility index (Phi) is 6.78. The van der Waals surface area contributed by atoms with Crippen LogP contribution in [-0.4, -0.2) is 12.6 Å². The Labute approximate surface area is 149 Å². The van der Waals surface area contributed by atoms with Crippen molar-refractivity contribution < 1.29 is 9.53 Å². The van der Waals surface area contributed by atoms with Gasteiger partial charge in [-0.2, -0.15) is 0 Å². The summed E-state index contributed by atoms with van der Waals surface area (Å²) < 4.78 is 5.09. The van der Waals surface area contributed by atoms with Crippen LogP contribution < -0.4 is 5.32 Å². The van der Waals surface area contributed by atoms with Crippen LogP contribution in [0.15, 0.2) is 48.5 Å². The van der Waals surface area contributed by atoms with Crippen molar-refractivity contribution in [2.45, 2.75) is 6.61 Å². The SMILES string of the molecule is O=C(NCC=Cc1cc(Cl)c(Cl)c(Cl)c1)OCc1ccccc1. The van der Waals surface area contributed by atoms with Crippen molar-refractivity contribution in [3.63, 3.8) is 0 Å². The highest BCUT2D eigenvalue weighted by Crippen LogP contribution is 2.31. The number of carbonyl (C=O) groups excluding carboxylic acids is 1. The van der Waals surface area contributed by atoms with E-state index in [0.717, 1.165) is 11.1 Å². The molecular formula is C17H14Cl3NO2. The monoisotopic (exact) mass is 369 g/mol. The summed E-state index contributed by atoms with van der Waals surface area (Å²) in [6, 6.07) is 12.9. The number of alkyl carbamates (subject to hydrolysis) is 1. The first kappa shape index (κ1) is 17.7. The van der Waals surface area contributed by atoms with Crippen molar-refractivity contribution in [2.24, 2.45) is 0 Å². The van der Waals surface area contributed by atoms with E-state index in [-0.39, 0.29) is 6.61 Å². The molecule has 0 saturated carbocycles. The Hall–Kier alpha value is -1.68. The number of benzene rings is 2. The summed E-state index contributed by atoms with van der Waals surface area (Å²) in [4.78, 5) is 11.6. The fourth-order valence-electron chi connectivity index (χ4n) is 1.78. The third-order valence-corrected chi connectivity index (χ3v) is 4.09. The fraction of sp³-hybridized carbons (Fsp3) is 0.118. The minimum Gasteiger partial charge on any atom is -0.445 e. The largest absolute Gasteiger partial charge is 0.445 e. The number of nitrogens with one attached hydrogen (secondary N) is 1. The van der Waals surface area contributed by atoms with Crippen LogP contribution >= 0.6 is 34.8 Å². The van der Waals surface area contributed by atoms with E-state index < -0.39 is 6.09 Å². The average molecular weight is 371 g/mol. The van der Waals surface area contributed by atoms with Gasteiger partial charge in [-0.15, -0.1) is 0 Å². The van der Waals surface area contributed by atoms with Crippen LogP contribution in [0.2, 0.25) is 15.1 Å². The van der Waals surface area contributed by atoms with Crippen molar-refractivity contribution in [3.05, 3.63) is 74.7 Å². The molecule has 0 heterocycles. The van der Waals surface area contributed by atoms with Crippen LogP contribution in [0.3, 0.4) is 0 Å². The minimum absolute atomic E-state index is 0.235. The van der Waals surface area contributed by atoms with Crippen LogP contribution in [0.25, 0.3) is 6.08 Å². The molecule has 0 bridgehead atoms. The maximum absolute atomic E-state index is 11.6. The Morgan fingerprint density at radius 3 is 2.39 bits per heavy atom. The molecule has 1 N–H and O–H groups in total. The summed E-state index contributed by atoms with van der Waals surface area (Å²) in [7, 11) is 0. The fourth-order valence-corrected chi connectivity index (χ4v) is 2.40. The van der Waals surface area contributed by atoms with Crippen molar-refractivity contribution in [1.29, 1.82) is 0 Å². The van der Waals surface area contributed by atoms with Gasteiger partial charge in [0.1, 0.15) is 6.61 Å². The lowest BCUT2D eigenvalue weighted by Crippen LogP contribution is -2.24. The lowest BCUT2D eigenvalue weighted by atomic mass is 10.2. The third kappa shape index (κ3) is 5.79. The first-order valence-corrected chi connectivity index (χ1v) is 7.95. The number of rotatable bonds is 5. The molecule has 0 aromatic heterocycles. The van der Waals surface area contributed by atoms with Crippen molar-refractivity contribution in [1.82, 2.24) is 5.32 Å². The molecule has 2 aromatic rings. The van der Waals surface area contributed by atoms with Gasteiger partial charge in [0.15, 0.2) is 0 Å². The number of halogens is 3. The van der Waals surface area contributed by atoms with Gasteiger partial charge in [0.25, 0.3) is 0 Å². The van der Waals surface area contributed by atoms with Gasteiger partial charge in [-0.1, -0.05) is 77.3 Å². The normalized spacial score (nSPS) is 10.7. The summed E-state index contributed by atoms with van der Waals surface area (Å²) in [6.45, 7) is 0.560. The molecule has 0 aliphatic rings. The molecule has 3 nitrogen and oxygen atoms in total. The standard InChI is InChI=1S/C17H14Cl3NO2/c18-14-9-13(10-15(19)16(14)20)7-4-8-21-17(22)23-11-12-5-2-1-3-6-12/h1-7,9-10H,8,11H2,(H,21,22). The van der Waals surface area contributed by atoms with Gasteiger partial charge < -0.3 is 10.1 Å². The smallest absolute Gasteiger partial charge is 0.407 e. The maximum Gasteiger partial charge on any atom is 0.407 e. The number of hydrogen-bond acceptors (Lipinski definition) is 2. The molecule has 0 fully saturated rings. The quantitative estimate of drug-likeness (QED) is 0.697. The van der Waals surface area contributed by atoms with Crippen LogP contribution in [0.4, 0.5) is 4.79 Å². The van der Waals surface area contributed by atoms with Gasteiger partial charge in [-0.05, 0) is 23.3 Å². The van der Waals surface area contributed by atoms with E-state index in [1.807, 2.05) is 30.3 Å². The van der Waals surface area contributed by atoms with Crippen molar-refractivity contribution >= 4 is 47.0 Å². The second kappa shape index (κ2) is 8.82. The van der Waals surface area contributed by atoms with Crippen molar-refractivity contribution in [2.75, 3.05) is 6.54 Å². The molecule has 23 heavy (non-hydrogen) atoms. The van der Waals surface area contributed by atoms with E-state index in [1.54, 1.807) is 24.3 Å². The van der Waals surface area contributed by atoms with E-state index in [4.69, 9.17) is 39.5 Å². The Morgan fingerprint density at radius 2 is 1.74 bits per heavy atom. The van der Waals surface area contributed by atoms with Gasteiger partial charge in [-0.25, -0.2) is 4.79 Å². The Morgan fingerprint density at radius 1 is 1.09 bits per heavy atom. The molecule has 120 valence electrons. The molecule has 1 amide bonds. The zero-order valence-corrected chi connectivity index (χ0v) is 14.3. The van der Waals surface area contributed by atoms with Crippen molar-refractivity contribution in [3.8, 4) is 0 Å². The maximum atomic E-state index is 11.6. The summed E-state index contributed by atoms with van der Waals surface area (Å²) in [5, 5.41) is 3.72. The van der Waals surface area contributed by atoms with Gasteiger partial charge in [-0.3, -0.25) is 0 Å². The lowest BCUT2D eigenvalue weighted by Gasteiger charge is -2.05. The van der Waals surface area contributed by atoms with Gasteiger partial charge >= 0.3 is 6.09 Å². The molecule has 0 atom stereocenters. The summed E-state index contributed by atoms with van der Waals surface area (Å²) in [6.07, 6.45) is 3.07. The highest BCUT2D eigenvalue weighted by molar-refractivity contribution is 6.48. The van der Waals surface area contributed by atoms with Crippen LogP contribution in [0.1, 0.15) is 11.1 Å². The molecule has 0 radical (unpaired) electrons. The number of amides is 1. The van der Waals surface area contributed by atoms with E-state index in [2.05, 4.69) is 5.32 Å². The second-order valence-electron chi connectivity index (χ2n) is 4.64. The molecule has 2 rings (SSSR count). The molecular weight excluding hydrogens is 357 g/mol.